The SMILES string of the molecule is O=CN(CCN(C=O)CS(=O)(=O)O)CS(=O)(=O)O. The second kappa shape index (κ2) is 6.63. The van der Waals surface area contributed by atoms with Crippen LogP contribution in [0.15, 0.2) is 0 Å². The highest BCUT2D eigenvalue weighted by atomic mass is 32.2. The molecule has 0 saturated heterocycles. The summed E-state index contributed by atoms with van der Waals surface area (Å²) in [6.45, 7) is -0.644. The van der Waals surface area contributed by atoms with E-state index in [4.69, 9.17) is 9.11 Å². The predicted molar refractivity (Wildman–Crippen MR) is 58.4 cm³/mol. The molecule has 2 N–H and O–H groups in total. The first kappa shape index (κ1) is 16.8. The first-order chi connectivity index (χ1) is 8.07. The maximum atomic E-state index is 10.5. The van der Waals surface area contributed by atoms with E-state index >= 15 is 0 Å². The number of hydrogen-bond donors (Lipinski definition) is 2. The smallest absolute Gasteiger partial charge is 0.283 e. The third kappa shape index (κ3) is 8.86. The van der Waals surface area contributed by atoms with E-state index in [0.717, 1.165) is 0 Å². The lowest BCUT2D eigenvalue weighted by molar-refractivity contribution is -0.120. The average molecular weight is 304 g/mol. The number of carbonyl (C=O) groups is 2. The molecule has 0 atom stereocenters. The van der Waals surface area contributed by atoms with Gasteiger partial charge in [0.15, 0.2) is 0 Å². The highest BCUT2D eigenvalue weighted by Crippen LogP contribution is 1.94. The van der Waals surface area contributed by atoms with Crippen LogP contribution in [0.1, 0.15) is 0 Å². The summed E-state index contributed by atoms with van der Waals surface area (Å²) >= 11 is 0. The normalized spacial score (nSPS) is 11.9. The Morgan fingerprint density at radius 1 is 0.778 bits per heavy atom. The van der Waals surface area contributed by atoms with E-state index in [0.29, 0.717) is 9.80 Å². The number of nitrogens with zero attached hydrogens (tertiary/aromatic N) is 2. The van der Waals surface area contributed by atoms with E-state index in [9.17, 15) is 26.4 Å². The molecule has 0 aromatic carbocycles. The molecule has 0 radical (unpaired) electrons. The fourth-order valence-corrected chi connectivity index (χ4v) is 2.19. The topological polar surface area (TPSA) is 149 Å². The van der Waals surface area contributed by atoms with E-state index in [2.05, 4.69) is 0 Å². The Morgan fingerprint density at radius 3 is 1.22 bits per heavy atom. The number of carbonyl (C=O) groups excluding carboxylic acids is 2. The third-order valence-corrected chi connectivity index (χ3v) is 2.95. The van der Waals surface area contributed by atoms with Crippen LogP contribution in [0, 0.1) is 0 Å². The maximum Gasteiger partial charge on any atom is 0.283 e. The first-order valence-electron chi connectivity index (χ1n) is 4.36. The molecule has 0 aliphatic rings. The van der Waals surface area contributed by atoms with E-state index in [1.165, 1.54) is 0 Å². The molecular weight excluding hydrogens is 292 g/mol. The van der Waals surface area contributed by atoms with Crippen LogP contribution in [-0.4, -0.2) is 73.4 Å². The molecule has 0 aliphatic carbocycles. The summed E-state index contributed by atoms with van der Waals surface area (Å²) in [5.41, 5.74) is 0. The second-order valence-corrected chi connectivity index (χ2v) is 6.10. The molecule has 0 rings (SSSR count). The Kier molecular flexibility index (Phi) is 6.17. The Morgan fingerprint density at radius 2 is 1.06 bits per heavy atom. The zero-order valence-electron chi connectivity index (χ0n) is 9.04. The monoisotopic (exact) mass is 304 g/mol. The van der Waals surface area contributed by atoms with Gasteiger partial charge in [-0.2, -0.15) is 16.8 Å². The average Bonchev–Trinajstić information content (AvgIpc) is 2.18. The lowest BCUT2D eigenvalue weighted by Crippen LogP contribution is -2.38. The van der Waals surface area contributed by atoms with Crippen molar-refractivity contribution >= 4 is 33.1 Å². The molecule has 0 spiro atoms. The van der Waals surface area contributed by atoms with E-state index in [1.54, 1.807) is 0 Å². The van der Waals surface area contributed by atoms with Crippen molar-refractivity contribution in [2.75, 3.05) is 24.8 Å². The van der Waals surface area contributed by atoms with Crippen LogP contribution in [0.25, 0.3) is 0 Å². The van der Waals surface area contributed by atoms with Crippen molar-refractivity contribution in [1.29, 1.82) is 0 Å². The molecule has 0 bridgehead atoms. The summed E-state index contributed by atoms with van der Waals surface area (Å²) in [7, 11) is -8.81. The van der Waals surface area contributed by atoms with Gasteiger partial charge in [0, 0.05) is 13.1 Å². The van der Waals surface area contributed by atoms with Gasteiger partial charge in [-0.3, -0.25) is 18.7 Å². The minimum atomic E-state index is -4.40. The molecule has 10 nitrogen and oxygen atoms in total. The molecule has 18 heavy (non-hydrogen) atoms. The lowest BCUT2D eigenvalue weighted by Gasteiger charge is -2.20. The largest absolute Gasteiger partial charge is 0.327 e. The maximum absolute atomic E-state index is 10.5. The Labute approximate surface area is 104 Å². The molecule has 0 unspecified atom stereocenters. The minimum absolute atomic E-state index is 0.115. The summed E-state index contributed by atoms with van der Waals surface area (Å²) in [6.07, 6.45) is 0.231. The van der Waals surface area contributed by atoms with Crippen LogP contribution >= 0.6 is 0 Å². The molecule has 12 heteroatoms. The van der Waals surface area contributed by atoms with Crippen molar-refractivity contribution in [3.63, 3.8) is 0 Å². The van der Waals surface area contributed by atoms with Crippen molar-refractivity contribution in [2.45, 2.75) is 0 Å². The van der Waals surface area contributed by atoms with Crippen LogP contribution in [0.5, 0.6) is 0 Å². The first-order valence-corrected chi connectivity index (χ1v) is 7.58. The Bertz CT molecular complexity index is 438. The highest BCUT2D eigenvalue weighted by molar-refractivity contribution is 7.85. The van der Waals surface area contributed by atoms with Crippen molar-refractivity contribution in [3.8, 4) is 0 Å². The predicted octanol–water partition coefficient (Wildman–Crippen LogP) is -2.41. The summed E-state index contributed by atoms with van der Waals surface area (Å²) in [6, 6.07) is 0. The fourth-order valence-electron chi connectivity index (χ4n) is 0.971. The van der Waals surface area contributed by atoms with Crippen LogP contribution in [0.4, 0.5) is 0 Å². The molecule has 0 aliphatic heterocycles. The molecule has 106 valence electrons. The van der Waals surface area contributed by atoms with Gasteiger partial charge in [0.05, 0.1) is 0 Å². The summed E-state index contributed by atoms with van der Waals surface area (Å²) in [5, 5.41) is 0. The van der Waals surface area contributed by atoms with Gasteiger partial charge in [-0.1, -0.05) is 0 Å². The fraction of sp³-hybridized carbons (Fsp3) is 0.667. The zero-order chi connectivity index (χ0) is 14.4. The van der Waals surface area contributed by atoms with Crippen molar-refractivity contribution < 1.29 is 35.5 Å². The molecule has 0 aromatic heterocycles. The number of rotatable bonds is 9. The molecule has 0 fully saturated rings. The zero-order valence-corrected chi connectivity index (χ0v) is 10.7. The van der Waals surface area contributed by atoms with Gasteiger partial charge >= 0.3 is 0 Å². The van der Waals surface area contributed by atoms with Crippen LogP contribution in [0.2, 0.25) is 0 Å². The Hall–Kier alpha value is -1.24. The molecule has 0 aromatic rings. The molecular formula is C6H12N2O8S2. The summed E-state index contributed by atoms with van der Waals surface area (Å²) in [5.74, 6) is -1.95. The van der Waals surface area contributed by atoms with Gasteiger partial charge in [-0.05, 0) is 0 Å². The molecule has 0 saturated carbocycles. The molecule has 2 amide bonds. The van der Waals surface area contributed by atoms with Gasteiger partial charge in [-0.25, -0.2) is 0 Å². The molecule has 0 heterocycles. The quantitative estimate of drug-likeness (QED) is 0.353. The van der Waals surface area contributed by atoms with Crippen LogP contribution < -0.4 is 0 Å². The number of hydrogen-bond acceptors (Lipinski definition) is 6. The van der Waals surface area contributed by atoms with Crippen molar-refractivity contribution in [2.24, 2.45) is 0 Å². The van der Waals surface area contributed by atoms with E-state index in [1.807, 2.05) is 0 Å². The van der Waals surface area contributed by atoms with E-state index < -0.39 is 32.0 Å². The summed E-state index contributed by atoms with van der Waals surface area (Å²) < 4.78 is 58.9. The Balaban J connectivity index is 4.42. The van der Waals surface area contributed by atoms with E-state index in [-0.39, 0.29) is 25.9 Å². The van der Waals surface area contributed by atoms with Gasteiger partial charge in [0.1, 0.15) is 11.8 Å². The van der Waals surface area contributed by atoms with Gasteiger partial charge in [0.2, 0.25) is 12.8 Å². The van der Waals surface area contributed by atoms with Gasteiger partial charge < -0.3 is 9.80 Å². The van der Waals surface area contributed by atoms with Crippen molar-refractivity contribution in [3.05, 3.63) is 0 Å². The third-order valence-electron chi connectivity index (χ3n) is 1.63. The minimum Gasteiger partial charge on any atom is -0.327 e. The standard InChI is InChI=1S/C6H12N2O8S2/c9-3-7(5-17(11,12)13)1-2-8(4-10)6-18(14,15)16/h3-4H,1-2,5-6H2,(H,11,12,13)(H,14,15,16). The van der Waals surface area contributed by atoms with Crippen LogP contribution in [0.3, 0.4) is 0 Å². The van der Waals surface area contributed by atoms with Gasteiger partial charge in [0.25, 0.3) is 20.2 Å². The van der Waals surface area contributed by atoms with Crippen LogP contribution in [-0.2, 0) is 29.8 Å². The summed E-state index contributed by atoms with van der Waals surface area (Å²) in [4.78, 5) is 22.1. The number of amides is 2. The lowest BCUT2D eigenvalue weighted by atomic mass is 10.5. The van der Waals surface area contributed by atoms with Crippen molar-refractivity contribution in [1.82, 2.24) is 9.80 Å². The van der Waals surface area contributed by atoms with Gasteiger partial charge in [-0.15, -0.1) is 0 Å². The second-order valence-electron chi connectivity index (χ2n) is 3.26. The highest BCUT2D eigenvalue weighted by Gasteiger charge is 2.15.